The normalized spacial score (nSPS) is 17.1. The summed E-state index contributed by atoms with van der Waals surface area (Å²) in [4.78, 5) is 6.07. The maximum Gasteiger partial charge on any atom is 0.171 e. The summed E-state index contributed by atoms with van der Waals surface area (Å²) in [5, 5.41) is 0. The molecule has 0 unspecified atom stereocenters. The molecule has 2 rings (SSSR count). The van der Waals surface area contributed by atoms with Gasteiger partial charge >= 0.3 is 0 Å². The zero-order chi connectivity index (χ0) is 15.9. The lowest BCUT2D eigenvalue weighted by Crippen LogP contribution is -2.47. The van der Waals surface area contributed by atoms with Gasteiger partial charge in [0, 0.05) is 50.3 Å². The van der Waals surface area contributed by atoms with Crippen molar-refractivity contribution in [3.05, 3.63) is 22.6 Å². The summed E-state index contributed by atoms with van der Waals surface area (Å²) >= 11 is 3.21. The molecule has 0 aromatic carbocycles. The fraction of sp³-hybridized carbons (Fsp3) is 0.667. The second kappa shape index (κ2) is 8.66. The molecule has 21 heavy (non-hydrogen) atoms. The van der Waals surface area contributed by atoms with Gasteiger partial charge in [0.25, 0.3) is 0 Å². The standard InChI is InChI=1S/C13H18BrFN2O2.C2H6/c1-3-19-13(18-2)4-6-17(7-5-13)12-11(15)8-10(14)9-16-12;1-2/h8-9H,3-7H2,1-2H3;1-2H3. The molecule has 1 aliphatic heterocycles. The van der Waals surface area contributed by atoms with Crippen molar-refractivity contribution in [1.29, 1.82) is 0 Å². The highest BCUT2D eigenvalue weighted by atomic mass is 79.9. The largest absolute Gasteiger partial charge is 0.354 e. The zero-order valence-electron chi connectivity index (χ0n) is 13.2. The first-order valence-corrected chi connectivity index (χ1v) is 8.14. The van der Waals surface area contributed by atoms with Crippen LogP contribution in [0.15, 0.2) is 16.7 Å². The van der Waals surface area contributed by atoms with E-state index < -0.39 is 5.79 Å². The summed E-state index contributed by atoms with van der Waals surface area (Å²) in [6, 6.07) is 1.43. The molecule has 0 atom stereocenters. The van der Waals surface area contributed by atoms with E-state index in [2.05, 4.69) is 20.9 Å². The van der Waals surface area contributed by atoms with Gasteiger partial charge in [0.15, 0.2) is 17.4 Å². The van der Waals surface area contributed by atoms with E-state index in [4.69, 9.17) is 9.47 Å². The SMILES string of the molecule is CC.CCOC1(OC)CCN(c2ncc(Br)cc2F)CC1. The van der Waals surface area contributed by atoms with Crippen molar-refractivity contribution in [3.8, 4) is 0 Å². The maximum absolute atomic E-state index is 13.9. The highest BCUT2D eigenvalue weighted by Crippen LogP contribution is 2.30. The number of anilines is 1. The molecular formula is C15H24BrFN2O2. The smallest absolute Gasteiger partial charge is 0.171 e. The average Bonchev–Trinajstić information content (AvgIpc) is 2.51. The number of methoxy groups -OCH3 is 1. The van der Waals surface area contributed by atoms with Crippen molar-refractivity contribution >= 4 is 21.7 Å². The van der Waals surface area contributed by atoms with Gasteiger partial charge in [0.05, 0.1) is 0 Å². The van der Waals surface area contributed by atoms with E-state index in [-0.39, 0.29) is 5.82 Å². The summed E-state index contributed by atoms with van der Waals surface area (Å²) in [6.45, 7) is 7.89. The third-order valence-corrected chi connectivity index (χ3v) is 3.83. The second-order valence-electron chi connectivity index (χ2n) is 4.49. The summed E-state index contributed by atoms with van der Waals surface area (Å²) in [6.07, 6.45) is 3.02. The number of hydrogen-bond acceptors (Lipinski definition) is 4. The fourth-order valence-corrected chi connectivity index (χ4v) is 2.67. The van der Waals surface area contributed by atoms with Gasteiger partial charge in [-0.1, -0.05) is 13.8 Å². The van der Waals surface area contributed by atoms with E-state index in [1.54, 1.807) is 13.3 Å². The van der Waals surface area contributed by atoms with Crippen molar-refractivity contribution in [2.75, 3.05) is 31.7 Å². The van der Waals surface area contributed by atoms with Gasteiger partial charge in [-0.3, -0.25) is 0 Å². The number of halogens is 2. The molecule has 1 saturated heterocycles. The van der Waals surface area contributed by atoms with Crippen molar-refractivity contribution in [2.45, 2.75) is 39.4 Å². The van der Waals surface area contributed by atoms with Crippen LogP contribution in [-0.2, 0) is 9.47 Å². The van der Waals surface area contributed by atoms with Crippen LogP contribution in [0.2, 0.25) is 0 Å². The quantitative estimate of drug-likeness (QED) is 0.758. The molecule has 1 aliphatic rings. The molecule has 120 valence electrons. The monoisotopic (exact) mass is 362 g/mol. The zero-order valence-corrected chi connectivity index (χ0v) is 14.7. The minimum Gasteiger partial charge on any atom is -0.354 e. The molecular weight excluding hydrogens is 339 g/mol. The van der Waals surface area contributed by atoms with Gasteiger partial charge < -0.3 is 14.4 Å². The minimum atomic E-state index is -0.531. The molecule has 4 nitrogen and oxygen atoms in total. The first kappa shape index (κ1) is 18.3. The summed E-state index contributed by atoms with van der Waals surface area (Å²) in [7, 11) is 1.66. The fourth-order valence-electron chi connectivity index (χ4n) is 2.37. The first-order valence-electron chi connectivity index (χ1n) is 7.35. The second-order valence-corrected chi connectivity index (χ2v) is 5.41. The Kier molecular flexibility index (Phi) is 7.56. The van der Waals surface area contributed by atoms with Crippen LogP contribution in [0.4, 0.5) is 10.2 Å². The molecule has 6 heteroatoms. The van der Waals surface area contributed by atoms with Gasteiger partial charge in [0.2, 0.25) is 0 Å². The number of ether oxygens (including phenoxy) is 2. The first-order chi connectivity index (χ1) is 10.1. The number of pyridine rings is 1. The lowest BCUT2D eigenvalue weighted by atomic mass is 10.0. The molecule has 0 spiro atoms. The van der Waals surface area contributed by atoms with Crippen LogP contribution < -0.4 is 4.90 Å². The van der Waals surface area contributed by atoms with Crippen LogP contribution in [0.1, 0.15) is 33.6 Å². The highest BCUT2D eigenvalue weighted by Gasteiger charge is 2.36. The Hall–Kier alpha value is -0.720. The average molecular weight is 363 g/mol. The summed E-state index contributed by atoms with van der Waals surface area (Å²) in [5.41, 5.74) is 0. The van der Waals surface area contributed by atoms with Crippen LogP contribution in [-0.4, -0.2) is 37.6 Å². The minimum absolute atomic E-state index is 0.310. The summed E-state index contributed by atoms with van der Waals surface area (Å²) < 4.78 is 25.7. The van der Waals surface area contributed by atoms with Crippen molar-refractivity contribution in [1.82, 2.24) is 4.98 Å². The van der Waals surface area contributed by atoms with Gasteiger partial charge in [-0.05, 0) is 28.9 Å². The number of hydrogen-bond donors (Lipinski definition) is 0. The molecule has 0 N–H and O–H groups in total. The van der Waals surface area contributed by atoms with Crippen molar-refractivity contribution in [3.63, 3.8) is 0 Å². The van der Waals surface area contributed by atoms with E-state index in [0.717, 1.165) is 0 Å². The van der Waals surface area contributed by atoms with Crippen molar-refractivity contribution in [2.24, 2.45) is 0 Å². The Morgan fingerprint density at radius 1 is 1.38 bits per heavy atom. The van der Waals surface area contributed by atoms with E-state index in [1.165, 1.54) is 6.07 Å². The molecule has 0 radical (unpaired) electrons. The van der Waals surface area contributed by atoms with E-state index in [1.807, 2.05) is 25.7 Å². The molecule has 0 bridgehead atoms. The molecule has 0 saturated carbocycles. The Labute approximate surface area is 134 Å². The number of piperidine rings is 1. The van der Waals surface area contributed by atoms with Gasteiger partial charge in [-0.25, -0.2) is 9.37 Å². The molecule has 1 aromatic heterocycles. The molecule has 2 heterocycles. The Bertz CT molecular complexity index is 438. The van der Waals surface area contributed by atoms with Gasteiger partial charge in [0.1, 0.15) is 0 Å². The van der Waals surface area contributed by atoms with E-state index in [0.29, 0.717) is 42.8 Å². The van der Waals surface area contributed by atoms with Crippen LogP contribution in [0.5, 0.6) is 0 Å². The Morgan fingerprint density at radius 2 is 2.00 bits per heavy atom. The summed E-state index contributed by atoms with van der Waals surface area (Å²) in [5.74, 6) is -0.447. The van der Waals surface area contributed by atoms with Crippen LogP contribution in [0.25, 0.3) is 0 Å². The lowest BCUT2D eigenvalue weighted by molar-refractivity contribution is -0.230. The predicted molar refractivity (Wildman–Crippen MR) is 86.1 cm³/mol. The number of rotatable bonds is 4. The molecule has 1 aromatic rings. The maximum atomic E-state index is 13.9. The van der Waals surface area contributed by atoms with Gasteiger partial charge in [-0.15, -0.1) is 0 Å². The van der Waals surface area contributed by atoms with Crippen LogP contribution in [0.3, 0.4) is 0 Å². The molecule has 1 fully saturated rings. The van der Waals surface area contributed by atoms with Gasteiger partial charge in [-0.2, -0.15) is 0 Å². The lowest BCUT2D eigenvalue weighted by Gasteiger charge is -2.40. The predicted octanol–water partition coefficient (Wildman–Crippen LogP) is 3.99. The van der Waals surface area contributed by atoms with Crippen molar-refractivity contribution < 1.29 is 13.9 Å². The van der Waals surface area contributed by atoms with Crippen LogP contribution in [0, 0.1) is 5.82 Å². The molecule has 0 amide bonds. The highest BCUT2D eigenvalue weighted by molar-refractivity contribution is 9.10. The molecule has 0 aliphatic carbocycles. The van der Waals surface area contributed by atoms with Crippen LogP contribution >= 0.6 is 15.9 Å². The topological polar surface area (TPSA) is 34.6 Å². The van der Waals surface area contributed by atoms with E-state index in [9.17, 15) is 4.39 Å². The number of nitrogens with zero attached hydrogens (tertiary/aromatic N) is 2. The Morgan fingerprint density at radius 3 is 2.48 bits per heavy atom. The number of aromatic nitrogens is 1. The Balaban J connectivity index is 0.00000106. The third kappa shape index (κ3) is 4.63. The van der Waals surface area contributed by atoms with E-state index >= 15 is 0 Å². The third-order valence-electron chi connectivity index (χ3n) is 3.39.